The van der Waals surface area contributed by atoms with Gasteiger partial charge in [-0.1, -0.05) is 6.07 Å². The minimum Gasteiger partial charge on any atom is -0.364 e. The van der Waals surface area contributed by atoms with E-state index in [0.717, 1.165) is 56.2 Å². The van der Waals surface area contributed by atoms with Crippen LogP contribution < -0.4 is 15.8 Å². The molecule has 0 aliphatic heterocycles. The second-order valence-electron chi connectivity index (χ2n) is 6.61. The average Bonchev–Trinajstić information content (AvgIpc) is 3.29. The Kier molecular flexibility index (Phi) is 4.55. The van der Waals surface area contributed by atoms with Crippen molar-refractivity contribution in [2.24, 2.45) is 5.73 Å². The van der Waals surface area contributed by atoms with Crippen LogP contribution in [0.25, 0.3) is 0 Å². The first kappa shape index (κ1) is 16.9. The normalized spacial score (nSPS) is 14.6. The van der Waals surface area contributed by atoms with Crippen molar-refractivity contribution in [3.05, 3.63) is 52.3 Å². The summed E-state index contributed by atoms with van der Waals surface area (Å²) in [6, 6.07) is 5.43. The van der Waals surface area contributed by atoms with E-state index < -0.39 is 5.91 Å². The molecule has 0 radical (unpaired) electrons. The van der Waals surface area contributed by atoms with Crippen LogP contribution in [0.5, 0.6) is 0 Å². The van der Waals surface area contributed by atoms with Gasteiger partial charge in [0.15, 0.2) is 0 Å². The van der Waals surface area contributed by atoms with E-state index in [-0.39, 0.29) is 11.7 Å². The zero-order valence-corrected chi connectivity index (χ0v) is 15.1. The van der Waals surface area contributed by atoms with E-state index in [1.165, 1.54) is 28.5 Å². The molecule has 2 aliphatic rings. The summed E-state index contributed by atoms with van der Waals surface area (Å²) in [6.45, 7) is 0. The second kappa shape index (κ2) is 6.99. The van der Waals surface area contributed by atoms with Crippen LogP contribution in [0.15, 0.2) is 29.3 Å². The molecule has 7 heteroatoms. The van der Waals surface area contributed by atoms with Crippen LogP contribution in [0.4, 0.5) is 10.5 Å². The zero-order valence-electron chi connectivity index (χ0n) is 14.3. The molecule has 1 aromatic carbocycles. The van der Waals surface area contributed by atoms with E-state index in [2.05, 4.69) is 21.1 Å². The van der Waals surface area contributed by atoms with Crippen molar-refractivity contribution >= 4 is 29.6 Å². The highest BCUT2D eigenvalue weighted by Crippen LogP contribution is 2.38. The first-order valence-corrected chi connectivity index (χ1v) is 9.60. The molecule has 0 bridgehead atoms. The Balaban J connectivity index is 1.51. The summed E-state index contributed by atoms with van der Waals surface area (Å²) in [5.74, 6) is -0.617. The molecule has 0 unspecified atom stereocenters. The minimum absolute atomic E-state index is 0.152. The van der Waals surface area contributed by atoms with E-state index in [0.29, 0.717) is 4.90 Å². The molecule has 0 atom stereocenters. The topological polar surface area (TPSA) is 97.1 Å². The largest absolute Gasteiger partial charge is 0.364 e. The number of amides is 3. The van der Waals surface area contributed by atoms with Crippen molar-refractivity contribution in [3.8, 4) is 0 Å². The van der Waals surface area contributed by atoms with Gasteiger partial charge in [-0.05, 0) is 84.9 Å². The molecule has 2 aromatic rings. The predicted octanol–water partition coefficient (Wildman–Crippen LogP) is 2.99. The lowest BCUT2D eigenvalue weighted by atomic mass is 9.99. The number of aromatic nitrogens is 1. The number of hydrogen-bond donors (Lipinski definition) is 3. The van der Waals surface area contributed by atoms with Crippen molar-refractivity contribution in [1.29, 1.82) is 0 Å². The van der Waals surface area contributed by atoms with Crippen LogP contribution in [-0.2, 0) is 25.7 Å². The van der Waals surface area contributed by atoms with E-state index in [1.54, 1.807) is 12.1 Å². The first-order valence-electron chi connectivity index (χ1n) is 8.78. The number of nitrogens with zero attached hydrogens (tertiary/aromatic N) is 1. The van der Waals surface area contributed by atoms with Gasteiger partial charge in [0.25, 0.3) is 5.91 Å². The number of pyridine rings is 1. The van der Waals surface area contributed by atoms with Crippen molar-refractivity contribution in [2.45, 2.75) is 43.4 Å². The first-order chi connectivity index (χ1) is 12.6. The third-order valence-electron chi connectivity index (χ3n) is 4.97. The van der Waals surface area contributed by atoms with Crippen LogP contribution in [0.2, 0.25) is 0 Å². The fourth-order valence-corrected chi connectivity index (χ4v) is 4.52. The van der Waals surface area contributed by atoms with Crippen molar-refractivity contribution in [1.82, 2.24) is 9.71 Å². The highest BCUT2D eigenvalue weighted by molar-refractivity contribution is 7.98. The number of fused-ring (bicyclic) bond motifs is 2. The van der Waals surface area contributed by atoms with Crippen LogP contribution in [0, 0.1) is 0 Å². The number of hydrogen-bond acceptors (Lipinski definition) is 4. The maximum absolute atomic E-state index is 12.5. The molecule has 0 fully saturated rings. The molecule has 3 amide bonds. The number of nitrogens with two attached hydrogens (primary N) is 1. The number of rotatable bonds is 4. The van der Waals surface area contributed by atoms with Gasteiger partial charge in [0.1, 0.15) is 5.69 Å². The van der Waals surface area contributed by atoms with Gasteiger partial charge in [-0.3, -0.25) is 9.52 Å². The number of benzene rings is 1. The van der Waals surface area contributed by atoms with E-state index in [9.17, 15) is 9.59 Å². The number of aryl methyl sites for hydroxylation is 2. The average molecular weight is 368 g/mol. The quantitative estimate of drug-likeness (QED) is 0.723. The summed E-state index contributed by atoms with van der Waals surface area (Å²) in [6.07, 6.45) is 7.99. The summed E-state index contributed by atoms with van der Waals surface area (Å²) in [5.41, 5.74) is 11.8. The molecule has 26 heavy (non-hydrogen) atoms. The maximum Gasteiger partial charge on any atom is 0.329 e. The maximum atomic E-state index is 12.5. The molecule has 1 aromatic heterocycles. The Morgan fingerprint density at radius 2 is 1.77 bits per heavy atom. The number of nitrogens with one attached hydrogen (secondary N) is 2. The van der Waals surface area contributed by atoms with Crippen LogP contribution in [-0.4, -0.2) is 16.9 Å². The van der Waals surface area contributed by atoms with Gasteiger partial charge in [0.05, 0.1) is 4.90 Å². The lowest BCUT2D eigenvalue weighted by Crippen LogP contribution is -2.25. The molecule has 4 N–H and O–H groups in total. The molecule has 2 aliphatic carbocycles. The molecule has 1 heterocycles. The molecule has 0 saturated heterocycles. The standard InChI is InChI=1S/C19H20N4O2S/c20-18(24)17-15(8-3-9-21-17)26-23-19(25)22-16-13-6-1-4-11(13)10-12-5-2-7-14(12)16/h3,8-10H,1-2,4-7H2,(H2,20,24)(H2,22,23,25). The second-order valence-corrected chi connectivity index (χ2v) is 7.45. The van der Waals surface area contributed by atoms with E-state index in [4.69, 9.17) is 5.73 Å². The molecule has 4 rings (SSSR count). The van der Waals surface area contributed by atoms with Gasteiger partial charge in [-0.25, -0.2) is 9.78 Å². The Bertz CT molecular complexity index is 865. The molecule has 6 nitrogen and oxygen atoms in total. The fraction of sp³-hybridized carbons (Fsp3) is 0.316. The van der Waals surface area contributed by atoms with Gasteiger partial charge >= 0.3 is 6.03 Å². The van der Waals surface area contributed by atoms with Crippen molar-refractivity contribution in [2.75, 3.05) is 5.32 Å². The minimum atomic E-state index is -0.617. The summed E-state index contributed by atoms with van der Waals surface area (Å²) in [5, 5.41) is 3.05. The molecule has 0 saturated carbocycles. The molecular formula is C19H20N4O2S. The number of carbonyl (C=O) groups is 2. The number of urea groups is 1. The van der Waals surface area contributed by atoms with Crippen LogP contribution in [0.3, 0.4) is 0 Å². The lowest BCUT2D eigenvalue weighted by Gasteiger charge is -2.16. The van der Waals surface area contributed by atoms with E-state index >= 15 is 0 Å². The van der Waals surface area contributed by atoms with Crippen LogP contribution >= 0.6 is 11.9 Å². The molecule has 134 valence electrons. The predicted molar refractivity (Wildman–Crippen MR) is 101 cm³/mol. The number of primary amides is 1. The third kappa shape index (κ3) is 3.14. The SMILES string of the molecule is NC(=O)c1ncccc1SNC(=O)Nc1c2c(cc3c1CCC3)CCC2. The van der Waals surface area contributed by atoms with Crippen molar-refractivity contribution < 1.29 is 9.59 Å². The fourth-order valence-electron chi connectivity index (χ4n) is 3.87. The van der Waals surface area contributed by atoms with Gasteiger partial charge in [0, 0.05) is 11.9 Å². The van der Waals surface area contributed by atoms with Gasteiger partial charge in [-0.15, -0.1) is 0 Å². The number of anilines is 1. The summed E-state index contributed by atoms with van der Waals surface area (Å²) >= 11 is 1.04. The third-order valence-corrected chi connectivity index (χ3v) is 5.81. The Labute approximate surface area is 156 Å². The lowest BCUT2D eigenvalue weighted by molar-refractivity contribution is 0.0992. The van der Waals surface area contributed by atoms with Crippen LogP contribution in [0.1, 0.15) is 45.6 Å². The Morgan fingerprint density at radius 1 is 1.08 bits per heavy atom. The zero-order chi connectivity index (χ0) is 18.1. The summed E-state index contributed by atoms with van der Waals surface area (Å²) in [7, 11) is 0. The Hall–Kier alpha value is -2.54. The molecule has 0 spiro atoms. The Morgan fingerprint density at radius 3 is 2.42 bits per heavy atom. The smallest absolute Gasteiger partial charge is 0.329 e. The monoisotopic (exact) mass is 368 g/mol. The number of carbonyl (C=O) groups excluding carboxylic acids is 2. The van der Waals surface area contributed by atoms with Gasteiger partial charge in [-0.2, -0.15) is 0 Å². The van der Waals surface area contributed by atoms with Gasteiger partial charge < -0.3 is 11.1 Å². The summed E-state index contributed by atoms with van der Waals surface area (Å²) < 4.78 is 2.74. The highest BCUT2D eigenvalue weighted by Gasteiger charge is 2.25. The highest BCUT2D eigenvalue weighted by atomic mass is 32.2. The van der Waals surface area contributed by atoms with Crippen molar-refractivity contribution in [3.63, 3.8) is 0 Å². The van der Waals surface area contributed by atoms with Gasteiger partial charge in [0.2, 0.25) is 0 Å². The van der Waals surface area contributed by atoms with E-state index in [1.807, 2.05) is 0 Å². The summed E-state index contributed by atoms with van der Waals surface area (Å²) in [4.78, 5) is 28.4. The molecular weight excluding hydrogens is 348 g/mol.